The van der Waals surface area contributed by atoms with E-state index in [1.165, 1.54) is 6.07 Å². The maximum atomic E-state index is 13.4. The average molecular weight is 357 g/mol. The van der Waals surface area contributed by atoms with Gasteiger partial charge in [0.05, 0.1) is 5.02 Å². The number of aryl methyl sites for hydroxylation is 2. The molecule has 0 heterocycles. The van der Waals surface area contributed by atoms with E-state index in [2.05, 4.69) is 28.1 Å². The minimum absolute atomic E-state index is 0.161. The van der Waals surface area contributed by atoms with Crippen molar-refractivity contribution in [2.24, 2.45) is 5.73 Å². The third kappa shape index (κ3) is 3.22. The average Bonchev–Trinajstić information content (AvgIpc) is 2.40. The third-order valence-electron chi connectivity index (χ3n) is 3.36. The molecule has 2 aromatic carbocycles. The Kier molecular flexibility index (Phi) is 4.84. The van der Waals surface area contributed by atoms with Crippen molar-refractivity contribution >= 4 is 27.5 Å². The van der Waals surface area contributed by atoms with Gasteiger partial charge in [0.15, 0.2) is 0 Å². The second-order valence-corrected chi connectivity index (χ2v) is 6.16. The lowest BCUT2D eigenvalue weighted by atomic mass is 9.96. The highest BCUT2D eigenvalue weighted by Gasteiger charge is 2.13. The summed E-state index contributed by atoms with van der Waals surface area (Å²) in [5.74, 6) is -0.403. The molecule has 2 N–H and O–H groups in total. The molecule has 0 amide bonds. The fourth-order valence-electron chi connectivity index (χ4n) is 2.25. The smallest absolute Gasteiger partial charge is 0.142 e. The van der Waals surface area contributed by atoms with Gasteiger partial charge in [-0.2, -0.15) is 0 Å². The fraction of sp³-hybridized carbons (Fsp3) is 0.250. The largest absolute Gasteiger partial charge is 0.324 e. The van der Waals surface area contributed by atoms with Gasteiger partial charge in [-0.05, 0) is 48.6 Å². The molecule has 1 unspecified atom stereocenters. The van der Waals surface area contributed by atoms with Gasteiger partial charge < -0.3 is 5.73 Å². The van der Waals surface area contributed by atoms with Crippen molar-refractivity contribution in [3.8, 4) is 0 Å². The minimum atomic E-state index is -0.403. The molecule has 0 fully saturated rings. The summed E-state index contributed by atoms with van der Waals surface area (Å²) in [6.45, 7) is 4.06. The maximum absolute atomic E-state index is 13.4. The van der Waals surface area contributed by atoms with Crippen LogP contribution < -0.4 is 5.73 Å². The van der Waals surface area contributed by atoms with Crippen LogP contribution in [0.1, 0.15) is 28.3 Å². The first-order chi connectivity index (χ1) is 9.40. The quantitative estimate of drug-likeness (QED) is 0.813. The van der Waals surface area contributed by atoms with Crippen molar-refractivity contribution in [2.75, 3.05) is 0 Å². The van der Waals surface area contributed by atoms with Gasteiger partial charge in [-0.3, -0.25) is 0 Å². The molecule has 0 aliphatic carbocycles. The van der Waals surface area contributed by atoms with Crippen molar-refractivity contribution in [1.82, 2.24) is 0 Å². The summed E-state index contributed by atoms with van der Waals surface area (Å²) in [5, 5.41) is 0.161. The summed E-state index contributed by atoms with van der Waals surface area (Å²) >= 11 is 9.51. The zero-order chi connectivity index (χ0) is 14.9. The van der Waals surface area contributed by atoms with Crippen LogP contribution in [0.15, 0.2) is 34.8 Å². The van der Waals surface area contributed by atoms with Crippen LogP contribution in [0.3, 0.4) is 0 Å². The Hall–Kier alpha value is -0.900. The van der Waals surface area contributed by atoms with Gasteiger partial charge in [-0.25, -0.2) is 4.39 Å². The molecule has 1 nitrogen and oxygen atoms in total. The van der Waals surface area contributed by atoms with Crippen LogP contribution in [0.25, 0.3) is 0 Å². The highest BCUT2D eigenvalue weighted by molar-refractivity contribution is 9.10. The fourth-order valence-corrected chi connectivity index (χ4v) is 2.69. The van der Waals surface area contributed by atoms with Gasteiger partial charge in [0.25, 0.3) is 0 Å². The van der Waals surface area contributed by atoms with E-state index in [0.29, 0.717) is 6.42 Å². The lowest BCUT2D eigenvalue weighted by Gasteiger charge is -2.16. The Morgan fingerprint density at radius 1 is 1.25 bits per heavy atom. The Balaban J connectivity index is 2.28. The Bertz CT molecular complexity index is 619. The summed E-state index contributed by atoms with van der Waals surface area (Å²) in [6, 6.07) is 8.71. The van der Waals surface area contributed by atoms with Crippen molar-refractivity contribution in [3.05, 3.63) is 67.9 Å². The molecule has 0 radical (unpaired) electrons. The lowest BCUT2D eigenvalue weighted by molar-refractivity contribution is 0.622. The van der Waals surface area contributed by atoms with Crippen LogP contribution in [0.4, 0.5) is 4.39 Å². The van der Waals surface area contributed by atoms with Gasteiger partial charge in [0.1, 0.15) is 5.82 Å². The molecule has 0 aliphatic rings. The predicted octanol–water partition coefficient (Wildman–Crippen LogP) is 5.10. The molecular formula is C16H16BrClFN. The summed E-state index contributed by atoms with van der Waals surface area (Å²) in [6.07, 6.45) is 0.511. The zero-order valence-electron chi connectivity index (χ0n) is 11.4. The van der Waals surface area contributed by atoms with Gasteiger partial charge in [-0.1, -0.05) is 51.8 Å². The Morgan fingerprint density at radius 2 is 1.85 bits per heavy atom. The van der Waals surface area contributed by atoms with Crippen molar-refractivity contribution < 1.29 is 4.39 Å². The van der Waals surface area contributed by atoms with Crippen LogP contribution in [0.2, 0.25) is 5.02 Å². The molecular weight excluding hydrogens is 341 g/mol. The van der Waals surface area contributed by atoms with E-state index < -0.39 is 5.82 Å². The predicted molar refractivity (Wildman–Crippen MR) is 85.7 cm³/mol. The highest BCUT2D eigenvalue weighted by Crippen LogP contribution is 2.28. The molecule has 0 aromatic heterocycles. The topological polar surface area (TPSA) is 26.0 Å². The monoisotopic (exact) mass is 355 g/mol. The van der Waals surface area contributed by atoms with E-state index in [0.717, 1.165) is 26.7 Å². The van der Waals surface area contributed by atoms with Gasteiger partial charge >= 0.3 is 0 Å². The molecule has 1 atom stereocenters. The van der Waals surface area contributed by atoms with E-state index in [4.69, 9.17) is 17.3 Å². The van der Waals surface area contributed by atoms with E-state index in [9.17, 15) is 4.39 Å². The molecule has 4 heteroatoms. The molecule has 0 bridgehead atoms. The van der Waals surface area contributed by atoms with Crippen LogP contribution >= 0.6 is 27.5 Å². The van der Waals surface area contributed by atoms with Gasteiger partial charge in [-0.15, -0.1) is 0 Å². The molecule has 0 spiro atoms. The summed E-state index contributed by atoms with van der Waals surface area (Å²) in [4.78, 5) is 0. The van der Waals surface area contributed by atoms with Crippen LogP contribution in [-0.2, 0) is 6.42 Å². The zero-order valence-corrected chi connectivity index (χ0v) is 13.7. The molecule has 20 heavy (non-hydrogen) atoms. The van der Waals surface area contributed by atoms with E-state index >= 15 is 0 Å². The third-order valence-corrected chi connectivity index (χ3v) is 5.03. The molecule has 0 aliphatic heterocycles. The molecule has 2 aromatic rings. The number of halogens is 3. The Morgan fingerprint density at radius 3 is 2.45 bits per heavy atom. The van der Waals surface area contributed by atoms with Crippen LogP contribution in [0.5, 0.6) is 0 Å². The highest BCUT2D eigenvalue weighted by atomic mass is 79.9. The minimum Gasteiger partial charge on any atom is -0.324 e. The normalized spacial score (nSPS) is 12.5. The molecule has 0 saturated carbocycles. The van der Waals surface area contributed by atoms with Gasteiger partial charge in [0, 0.05) is 10.5 Å². The van der Waals surface area contributed by atoms with Crippen molar-refractivity contribution in [3.63, 3.8) is 0 Å². The van der Waals surface area contributed by atoms with E-state index in [1.807, 2.05) is 19.9 Å². The number of nitrogens with two attached hydrogens (primary N) is 1. The van der Waals surface area contributed by atoms with Crippen molar-refractivity contribution in [2.45, 2.75) is 26.3 Å². The van der Waals surface area contributed by atoms with Crippen molar-refractivity contribution in [1.29, 1.82) is 0 Å². The second-order valence-electron chi connectivity index (χ2n) is 4.99. The maximum Gasteiger partial charge on any atom is 0.142 e. The first-order valence-electron chi connectivity index (χ1n) is 6.35. The summed E-state index contributed by atoms with van der Waals surface area (Å²) < 4.78 is 14.5. The first-order valence-corrected chi connectivity index (χ1v) is 7.52. The molecule has 2 rings (SSSR count). The lowest BCUT2D eigenvalue weighted by Crippen LogP contribution is -2.14. The summed E-state index contributed by atoms with van der Waals surface area (Å²) in [7, 11) is 0. The number of hydrogen-bond acceptors (Lipinski definition) is 1. The Labute approximate surface area is 132 Å². The molecule has 106 valence electrons. The number of benzene rings is 2. The SMILES string of the molecule is Cc1cc(C(N)Cc2cccc(F)c2Cl)cc(C)c1Br. The first kappa shape index (κ1) is 15.5. The van der Waals surface area contributed by atoms with E-state index in [-0.39, 0.29) is 11.1 Å². The molecule has 0 saturated heterocycles. The number of rotatable bonds is 3. The second kappa shape index (κ2) is 6.25. The standard InChI is InChI=1S/C16H16BrClFN/c1-9-6-12(7-10(2)15(9)17)14(20)8-11-4-3-5-13(19)16(11)18/h3-7,14H,8,20H2,1-2H3. The van der Waals surface area contributed by atoms with E-state index in [1.54, 1.807) is 6.07 Å². The van der Waals surface area contributed by atoms with Crippen LogP contribution in [-0.4, -0.2) is 0 Å². The summed E-state index contributed by atoms with van der Waals surface area (Å²) in [5.41, 5.74) is 10.3. The number of hydrogen-bond donors (Lipinski definition) is 1. The van der Waals surface area contributed by atoms with Gasteiger partial charge in [0.2, 0.25) is 0 Å². The van der Waals surface area contributed by atoms with Crippen LogP contribution in [0, 0.1) is 19.7 Å².